The average Bonchev–Trinajstić information content (AvgIpc) is 2.82. The van der Waals surface area contributed by atoms with Crippen LogP contribution in [0, 0.1) is 6.92 Å². The van der Waals surface area contributed by atoms with E-state index in [4.69, 9.17) is 16.1 Å². The molecule has 1 saturated heterocycles. The molecule has 0 N–H and O–H groups in total. The van der Waals surface area contributed by atoms with Crippen molar-refractivity contribution in [1.82, 2.24) is 15.0 Å². The van der Waals surface area contributed by atoms with Crippen LogP contribution in [-0.2, 0) is 4.79 Å². The first-order valence-corrected chi connectivity index (χ1v) is 7.03. The fourth-order valence-corrected chi connectivity index (χ4v) is 2.37. The number of carbonyl (C=O) groups is 1. The highest BCUT2D eigenvalue weighted by molar-refractivity contribution is 6.32. The van der Waals surface area contributed by atoms with Crippen LogP contribution in [0.5, 0.6) is 0 Å². The molecule has 2 heterocycles. The van der Waals surface area contributed by atoms with Crippen LogP contribution in [0.25, 0.3) is 6.08 Å². The summed E-state index contributed by atoms with van der Waals surface area (Å²) < 4.78 is 5.11. The molecule has 1 aliphatic heterocycles. The van der Waals surface area contributed by atoms with Gasteiger partial charge in [0.15, 0.2) is 5.82 Å². The molecule has 0 aliphatic carbocycles. The van der Waals surface area contributed by atoms with Crippen LogP contribution >= 0.6 is 11.6 Å². The van der Waals surface area contributed by atoms with E-state index in [1.165, 1.54) is 6.08 Å². The highest BCUT2D eigenvalue weighted by Gasteiger charge is 2.34. The van der Waals surface area contributed by atoms with Gasteiger partial charge >= 0.3 is 0 Å². The van der Waals surface area contributed by atoms with Gasteiger partial charge in [0.05, 0.1) is 5.92 Å². The minimum atomic E-state index is -0.0394. The number of hydrogen-bond donors (Lipinski definition) is 0. The van der Waals surface area contributed by atoms with Gasteiger partial charge < -0.3 is 9.42 Å². The minimum Gasteiger partial charge on any atom is -0.339 e. The molecule has 3 rings (SSSR count). The van der Waals surface area contributed by atoms with E-state index in [1.54, 1.807) is 24.0 Å². The van der Waals surface area contributed by atoms with Crippen LogP contribution in [0.3, 0.4) is 0 Å². The molecular formula is C15H14ClN3O2. The molecule has 1 fully saturated rings. The monoisotopic (exact) mass is 303 g/mol. The third kappa shape index (κ3) is 2.97. The Balaban J connectivity index is 1.57. The fourth-order valence-electron chi connectivity index (χ4n) is 2.17. The Labute approximate surface area is 127 Å². The van der Waals surface area contributed by atoms with E-state index in [1.807, 2.05) is 18.2 Å². The van der Waals surface area contributed by atoms with Crippen LogP contribution in [0.1, 0.15) is 23.2 Å². The van der Waals surface area contributed by atoms with Crippen LogP contribution in [0.2, 0.25) is 5.02 Å². The van der Waals surface area contributed by atoms with Crippen molar-refractivity contribution in [3.8, 4) is 0 Å². The second-order valence-corrected chi connectivity index (χ2v) is 5.38. The maximum absolute atomic E-state index is 12.0. The van der Waals surface area contributed by atoms with E-state index in [-0.39, 0.29) is 11.8 Å². The normalized spacial score (nSPS) is 15.4. The number of hydrogen-bond acceptors (Lipinski definition) is 4. The number of carbonyl (C=O) groups excluding carboxylic acids is 1. The lowest BCUT2D eigenvalue weighted by Gasteiger charge is -2.36. The number of aromatic nitrogens is 2. The van der Waals surface area contributed by atoms with Gasteiger partial charge in [0, 0.05) is 24.2 Å². The average molecular weight is 304 g/mol. The second kappa shape index (κ2) is 5.69. The molecule has 0 bridgehead atoms. The zero-order chi connectivity index (χ0) is 14.8. The molecule has 0 atom stereocenters. The van der Waals surface area contributed by atoms with Gasteiger partial charge in [0.25, 0.3) is 0 Å². The number of likely N-dealkylation sites (tertiary alicyclic amines) is 1. The number of benzene rings is 1. The van der Waals surface area contributed by atoms with Gasteiger partial charge in [0.2, 0.25) is 11.8 Å². The molecule has 2 aromatic rings. The number of amides is 1. The molecule has 0 unspecified atom stereocenters. The summed E-state index contributed by atoms with van der Waals surface area (Å²) in [5.74, 6) is 1.33. The SMILES string of the molecule is Cc1noc(C2CN(C(=O)/C=C/c3ccccc3Cl)C2)n1. The molecule has 0 spiro atoms. The summed E-state index contributed by atoms with van der Waals surface area (Å²) >= 11 is 6.04. The molecular weight excluding hydrogens is 290 g/mol. The molecule has 6 heteroatoms. The Morgan fingerprint density at radius 3 is 2.86 bits per heavy atom. The molecule has 1 aromatic heterocycles. The van der Waals surface area contributed by atoms with Gasteiger partial charge in [-0.15, -0.1) is 0 Å². The lowest BCUT2D eigenvalue weighted by Crippen LogP contribution is -2.47. The van der Waals surface area contributed by atoms with Crippen molar-refractivity contribution < 1.29 is 9.32 Å². The smallest absolute Gasteiger partial charge is 0.246 e. The first-order valence-electron chi connectivity index (χ1n) is 6.65. The van der Waals surface area contributed by atoms with Gasteiger partial charge in [-0.05, 0) is 24.6 Å². The van der Waals surface area contributed by atoms with Crippen molar-refractivity contribution >= 4 is 23.6 Å². The van der Waals surface area contributed by atoms with E-state index >= 15 is 0 Å². The van der Waals surface area contributed by atoms with Crippen LogP contribution in [-0.4, -0.2) is 34.0 Å². The predicted molar refractivity (Wildman–Crippen MR) is 78.8 cm³/mol. The molecule has 1 aliphatic rings. The maximum atomic E-state index is 12.0. The molecule has 0 saturated carbocycles. The summed E-state index contributed by atoms with van der Waals surface area (Å²) in [5.41, 5.74) is 0.831. The van der Waals surface area contributed by atoms with Crippen molar-refractivity contribution in [3.05, 3.63) is 52.6 Å². The number of rotatable bonds is 3. The van der Waals surface area contributed by atoms with Gasteiger partial charge in [-0.3, -0.25) is 4.79 Å². The molecule has 108 valence electrons. The van der Waals surface area contributed by atoms with E-state index < -0.39 is 0 Å². The second-order valence-electron chi connectivity index (χ2n) is 4.97. The van der Waals surface area contributed by atoms with E-state index in [0.717, 1.165) is 5.56 Å². The number of nitrogens with zero attached hydrogens (tertiary/aromatic N) is 3. The number of halogens is 1. The Morgan fingerprint density at radius 2 is 2.19 bits per heavy atom. The Kier molecular flexibility index (Phi) is 3.75. The zero-order valence-corrected chi connectivity index (χ0v) is 12.2. The van der Waals surface area contributed by atoms with E-state index in [2.05, 4.69) is 10.1 Å². The molecule has 1 amide bonds. The Bertz CT molecular complexity index is 690. The highest BCUT2D eigenvalue weighted by atomic mass is 35.5. The van der Waals surface area contributed by atoms with Crippen LogP contribution < -0.4 is 0 Å². The number of aryl methyl sites for hydroxylation is 1. The summed E-state index contributed by atoms with van der Waals surface area (Å²) in [6.07, 6.45) is 3.27. The van der Waals surface area contributed by atoms with Gasteiger partial charge in [0.1, 0.15) is 0 Å². The third-order valence-electron chi connectivity index (χ3n) is 3.40. The highest BCUT2D eigenvalue weighted by Crippen LogP contribution is 2.26. The van der Waals surface area contributed by atoms with Crippen LogP contribution in [0.4, 0.5) is 0 Å². The van der Waals surface area contributed by atoms with Crippen molar-refractivity contribution in [1.29, 1.82) is 0 Å². The van der Waals surface area contributed by atoms with E-state index in [9.17, 15) is 4.79 Å². The van der Waals surface area contributed by atoms with Gasteiger partial charge in [-0.2, -0.15) is 4.98 Å². The molecule has 0 radical (unpaired) electrons. The van der Waals surface area contributed by atoms with Crippen molar-refractivity contribution in [2.24, 2.45) is 0 Å². The van der Waals surface area contributed by atoms with Crippen LogP contribution in [0.15, 0.2) is 34.9 Å². The summed E-state index contributed by atoms with van der Waals surface area (Å²) in [6.45, 7) is 2.99. The van der Waals surface area contributed by atoms with Crippen molar-refractivity contribution in [3.63, 3.8) is 0 Å². The largest absolute Gasteiger partial charge is 0.339 e. The third-order valence-corrected chi connectivity index (χ3v) is 3.74. The van der Waals surface area contributed by atoms with Crippen molar-refractivity contribution in [2.45, 2.75) is 12.8 Å². The van der Waals surface area contributed by atoms with Crippen molar-refractivity contribution in [2.75, 3.05) is 13.1 Å². The van der Waals surface area contributed by atoms with Gasteiger partial charge in [-0.1, -0.05) is 35.0 Å². The predicted octanol–water partition coefficient (Wildman–Crippen LogP) is 2.67. The standard InChI is InChI=1S/C15H14ClN3O2/c1-10-17-15(21-18-10)12-8-19(9-12)14(20)7-6-11-4-2-3-5-13(11)16/h2-7,12H,8-9H2,1H3/b7-6+. The molecule has 1 aromatic carbocycles. The summed E-state index contributed by atoms with van der Waals surface area (Å²) in [4.78, 5) is 17.9. The lowest BCUT2D eigenvalue weighted by atomic mass is 10.00. The summed E-state index contributed by atoms with van der Waals surface area (Å²) in [5, 5.41) is 4.39. The first-order chi connectivity index (χ1) is 10.1. The summed E-state index contributed by atoms with van der Waals surface area (Å²) in [7, 11) is 0. The fraction of sp³-hybridized carbons (Fsp3) is 0.267. The Morgan fingerprint density at radius 1 is 1.43 bits per heavy atom. The Hall–Kier alpha value is -2.14. The topological polar surface area (TPSA) is 59.2 Å². The molecule has 21 heavy (non-hydrogen) atoms. The van der Waals surface area contributed by atoms with Gasteiger partial charge in [-0.25, -0.2) is 0 Å². The summed E-state index contributed by atoms with van der Waals surface area (Å²) in [6, 6.07) is 7.40. The quantitative estimate of drug-likeness (QED) is 0.818. The zero-order valence-electron chi connectivity index (χ0n) is 11.5. The first kappa shape index (κ1) is 13.8. The molecule has 5 nitrogen and oxygen atoms in total. The minimum absolute atomic E-state index is 0.0394. The lowest BCUT2D eigenvalue weighted by molar-refractivity contribution is -0.130. The van der Waals surface area contributed by atoms with E-state index in [0.29, 0.717) is 29.8 Å². The maximum Gasteiger partial charge on any atom is 0.246 e.